The van der Waals surface area contributed by atoms with Crippen molar-refractivity contribution >= 4 is 13.3 Å². The molecular formula is C26H25FNO5P. The van der Waals surface area contributed by atoms with Gasteiger partial charge in [0.2, 0.25) is 0 Å². The summed E-state index contributed by atoms with van der Waals surface area (Å²) < 4.78 is 26.2. The second-order valence-electron chi connectivity index (χ2n) is 8.22. The SMILES string of the molecule is CC(C)c1nc(-c2ccccc2)cc(-c2ccc(F)cc2)c1C#CP(=O)(O)C[C@@H](O)CC(=O)O. The molecule has 3 N–H and O–H groups in total. The van der Waals surface area contributed by atoms with E-state index < -0.39 is 37.8 Å². The van der Waals surface area contributed by atoms with E-state index in [0.717, 1.165) is 5.56 Å². The number of nitrogens with zero attached hydrogens (tertiary/aromatic N) is 1. The maximum atomic E-state index is 13.6. The molecule has 6 nitrogen and oxygen atoms in total. The van der Waals surface area contributed by atoms with Crippen LogP contribution in [-0.2, 0) is 9.36 Å². The predicted octanol–water partition coefficient (Wildman–Crippen LogP) is 5.09. The highest BCUT2D eigenvalue weighted by molar-refractivity contribution is 7.63. The zero-order chi connectivity index (χ0) is 24.9. The van der Waals surface area contributed by atoms with Crippen molar-refractivity contribution in [2.45, 2.75) is 32.3 Å². The molecule has 1 heterocycles. The number of hydrogen-bond acceptors (Lipinski definition) is 4. The second-order valence-corrected chi connectivity index (χ2v) is 10.2. The molecule has 0 saturated carbocycles. The van der Waals surface area contributed by atoms with Gasteiger partial charge in [0, 0.05) is 11.1 Å². The Kier molecular flexibility index (Phi) is 8.01. The van der Waals surface area contributed by atoms with E-state index in [1.807, 2.05) is 44.2 Å². The number of halogens is 1. The van der Waals surface area contributed by atoms with Gasteiger partial charge in [0.15, 0.2) is 0 Å². The summed E-state index contributed by atoms with van der Waals surface area (Å²) in [5.41, 5.74) is 6.20. The van der Waals surface area contributed by atoms with Crippen LogP contribution in [-0.4, -0.2) is 38.3 Å². The Morgan fingerprint density at radius 1 is 1.09 bits per heavy atom. The monoisotopic (exact) mass is 481 g/mol. The maximum Gasteiger partial charge on any atom is 0.305 e. The molecule has 34 heavy (non-hydrogen) atoms. The van der Waals surface area contributed by atoms with Gasteiger partial charge in [-0.2, -0.15) is 0 Å². The van der Waals surface area contributed by atoms with E-state index in [-0.39, 0.29) is 5.92 Å². The third-order valence-electron chi connectivity index (χ3n) is 5.04. The average Bonchev–Trinajstić information content (AvgIpc) is 2.77. The Hall–Kier alpha value is -3.30. The number of rotatable bonds is 7. The number of aliphatic hydroxyl groups is 1. The van der Waals surface area contributed by atoms with E-state index in [4.69, 9.17) is 10.1 Å². The maximum absolute atomic E-state index is 13.6. The molecular weight excluding hydrogens is 456 g/mol. The van der Waals surface area contributed by atoms with Crippen molar-refractivity contribution in [2.24, 2.45) is 0 Å². The third kappa shape index (κ3) is 6.61. The average molecular weight is 481 g/mol. The topological polar surface area (TPSA) is 108 Å². The number of aromatic nitrogens is 1. The quantitative estimate of drug-likeness (QED) is 0.320. The molecule has 1 aromatic heterocycles. The van der Waals surface area contributed by atoms with E-state index in [0.29, 0.717) is 28.1 Å². The number of aliphatic hydroxyl groups excluding tert-OH is 1. The molecule has 0 aliphatic heterocycles. The minimum Gasteiger partial charge on any atom is -0.481 e. The van der Waals surface area contributed by atoms with Gasteiger partial charge in [0.25, 0.3) is 7.37 Å². The molecule has 0 bridgehead atoms. The van der Waals surface area contributed by atoms with E-state index in [2.05, 4.69) is 11.6 Å². The number of aliphatic carboxylic acids is 1. The highest BCUT2D eigenvalue weighted by Crippen LogP contribution is 2.41. The van der Waals surface area contributed by atoms with E-state index in [9.17, 15) is 23.7 Å². The van der Waals surface area contributed by atoms with Gasteiger partial charge in [-0.1, -0.05) is 62.2 Å². The fraction of sp³-hybridized carbons (Fsp3) is 0.231. The summed E-state index contributed by atoms with van der Waals surface area (Å²) in [5, 5.41) is 18.6. The van der Waals surface area contributed by atoms with Crippen LogP contribution in [0.5, 0.6) is 0 Å². The van der Waals surface area contributed by atoms with Gasteiger partial charge in [0.05, 0.1) is 35.6 Å². The minimum atomic E-state index is -4.17. The highest BCUT2D eigenvalue weighted by Gasteiger charge is 2.23. The van der Waals surface area contributed by atoms with Gasteiger partial charge in [-0.3, -0.25) is 14.3 Å². The predicted molar refractivity (Wildman–Crippen MR) is 129 cm³/mol. The Bertz CT molecular complexity index is 1280. The lowest BCUT2D eigenvalue weighted by Gasteiger charge is -2.16. The standard InChI is InChI=1S/C26H25FNO5P/c1-17(2)26-22(12-13-34(32,33)16-21(29)14-25(30)31)23(18-8-10-20(27)11-9-18)15-24(28-26)19-6-4-3-5-7-19/h3-11,15,17,21,29H,14,16H2,1-2H3,(H,30,31)(H,32,33)/t21-/m0/s1. The molecule has 0 amide bonds. The summed E-state index contributed by atoms with van der Waals surface area (Å²) in [7, 11) is -4.17. The molecule has 8 heteroatoms. The molecule has 0 radical (unpaired) electrons. The minimum absolute atomic E-state index is 0.0946. The first-order valence-electron chi connectivity index (χ1n) is 10.7. The normalized spacial score (nSPS) is 13.6. The molecule has 0 aliphatic rings. The summed E-state index contributed by atoms with van der Waals surface area (Å²) in [5.74, 6) is 1.01. The van der Waals surface area contributed by atoms with Crippen LogP contribution in [0.25, 0.3) is 22.4 Å². The summed E-state index contributed by atoms with van der Waals surface area (Å²) in [6.07, 6.45) is -2.81. The van der Waals surface area contributed by atoms with Crippen LogP contribution < -0.4 is 0 Å². The van der Waals surface area contributed by atoms with Crippen molar-refractivity contribution in [3.8, 4) is 34.0 Å². The van der Waals surface area contributed by atoms with E-state index in [1.54, 1.807) is 18.2 Å². The number of carboxylic acid groups (broad SMARTS) is 1. The van der Waals surface area contributed by atoms with Gasteiger partial charge in [-0.15, -0.1) is 0 Å². The van der Waals surface area contributed by atoms with Crippen molar-refractivity contribution in [1.82, 2.24) is 4.98 Å². The number of carbonyl (C=O) groups is 1. The second kappa shape index (κ2) is 10.8. The van der Waals surface area contributed by atoms with Gasteiger partial charge in [-0.05, 0) is 35.3 Å². The third-order valence-corrected chi connectivity index (χ3v) is 6.42. The molecule has 0 aliphatic carbocycles. The summed E-state index contributed by atoms with van der Waals surface area (Å²) >= 11 is 0. The van der Waals surface area contributed by atoms with Crippen LogP contribution in [0.2, 0.25) is 0 Å². The number of carboxylic acids is 1. The Morgan fingerprint density at radius 2 is 1.74 bits per heavy atom. The van der Waals surface area contributed by atoms with Crippen LogP contribution >= 0.6 is 7.37 Å². The molecule has 176 valence electrons. The number of hydrogen-bond donors (Lipinski definition) is 3. The molecule has 2 atom stereocenters. The van der Waals surface area contributed by atoms with Crippen LogP contribution in [0.15, 0.2) is 60.7 Å². The molecule has 1 unspecified atom stereocenters. The highest BCUT2D eigenvalue weighted by atomic mass is 31.2. The number of benzene rings is 2. The van der Waals surface area contributed by atoms with Crippen molar-refractivity contribution in [1.29, 1.82) is 0 Å². The molecule has 3 aromatic rings. The molecule has 0 fully saturated rings. The van der Waals surface area contributed by atoms with E-state index >= 15 is 0 Å². The van der Waals surface area contributed by atoms with Crippen molar-refractivity contribution in [3.05, 3.63) is 77.7 Å². The van der Waals surface area contributed by atoms with Gasteiger partial charge in [-0.25, -0.2) is 4.39 Å². The lowest BCUT2D eigenvalue weighted by Crippen LogP contribution is -2.17. The van der Waals surface area contributed by atoms with Gasteiger partial charge < -0.3 is 15.1 Å². The molecule has 0 saturated heterocycles. The van der Waals surface area contributed by atoms with Crippen LogP contribution in [0, 0.1) is 17.4 Å². The van der Waals surface area contributed by atoms with Gasteiger partial charge >= 0.3 is 5.97 Å². The Balaban J connectivity index is 2.17. The zero-order valence-electron chi connectivity index (χ0n) is 18.8. The van der Waals surface area contributed by atoms with Crippen LogP contribution in [0.1, 0.15) is 37.4 Å². The lowest BCUT2D eigenvalue weighted by molar-refractivity contribution is -0.138. The molecule has 3 rings (SSSR count). The fourth-order valence-electron chi connectivity index (χ4n) is 3.47. The largest absolute Gasteiger partial charge is 0.481 e. The summed E-state index contributed by atoms with van der Waals surface area (Å²) in [4.78, 5) is 25.8. The van der Waals surface area contributed by atoms with Crippen molar-refractivity contribution < 1.29 is 28.9 Å². The first kappa shape index (κ1) is 25.3. The van der Waals surface area contributed by atoms with Crippen LogP contribution in [0.3, 0.4) is 0 Å². The first-order chi connectivity index (χ1) is 16.1. The lowest BCUT2D eigenvalue weighted by atomic mass is 9.93. The number of pyridine rings is 1. The van der Waals surface area contributed by atoms with Crippen molar-refractivity contribution in [2.75, 3.05) is 6.16 Å². The molecule has 0 spiro atoms. The van der Waals surface area contributed by atoms with Crippen LogP contribution in [0.4, 0.5) is 4.39 Å². The molecule has 2 aromatic carbocycles. The zero-order valence-corrected chi connectivity index (χ0v) is 19.7. The fourth-order valence-corrected chi connectivity index (χ4v) is 4.55. The smallest absolute Gasteiger partial charge is 0.305 e. The van der Waals surface area contributed by atoms with E-state index in [1.165, 1.54) is 12.1 Å². The Morgan fingerprint density at radius 3 is 2.32 bits per heavy atom. The Labute approximate surface area is 197 Å². The van der Waals surface area contributed by atoms with Crippen molar-refractivity contribution in [3.63, 3.8) is 0 Å². The summed E-state index contributed by atoms with van der Waals surface area (Å²) in [6.45, 7) is 3.84. The summed E-state index contributed by atoms with van der Waals surface area (Å²) in [6, 6.07) is 17.2. The first-order valence-corrected chi connectivity index (χ1v) is 12.5. The van der Waals surface area contributed by atoms with Gasteiger partial charge in [0.1, 0.15) is 5.82 Å².